The zero-order valence-electron chi connectivity index (χ0n) is 15.6. The number of benzene rings is 1. The van der Waals surface area contributed by atoms with Crippen molar-refractivity contribution in [2.75, 3.05) is 0 Å². The lowest BCUT2D eigenvalue weighted by Gasteiger charge is -2.13. The minimum absolute atomic E-state index is 0.0238. The second-order valence-corrected chi connectivity index (χ2v) is 6.99. The van der Waals surface area contributed by atoms with E-state index in [1.54, 1.807) is 37.4 Å². The molecule has 0 radical (unpaired) electrons. The average molecular weight is 452 g/mol. The van der Waals surface area contributed by atoms with Gasteiger partial charge in [-0.3, -0.25) is 14.4 Å². The van der Waals surface area contributed by atoms with E-state index in [9.17, 15) is 14.4 Å². The molecule has 0 bridgehead atoms. The monoisotopic (exact) mass is 451 g/mol. The highest BCUT2D eigenvalue weighted by atomic mass is 79.9. The van der Waals surface area contributed by atoms with Gasteiger partial charge in [-0.05, 0) is 47.1 Å². The second-order valence-electron chi connectivity index (χ2n) is 6.18. The molecule has 0 unspecified atom stereocenters. The Kier molecular flexibility index (Phi) is 6.51. The summed E-state index contributed by atoms with van der Waals surface area (Å²) in [6.07, 6.45) is 6.52. The Morgan fingerprint density at radius 2 is 2.00 bits per heavy atom. The number of aromatic nitrogens is 2. The number of carbonyl (C=O) groups excluding carboxylic acids is 2. The number of carbonyl (C=O) groups is 2. The van der Waals surface area contributed by atoms with Crippen LogP contribution in [-0.2, 0) is 11.3 Å². The molecule has 3 aromatic rings. The molecular weight excluding hydrogens is 434 g/mol. The van der Waals surface area contributed by atoms with E-state index in [1.807, 2.05) is 34.9 Å². The van der Waals surface area contributed by atoms with Crippen LogP contribution in [0.1, 0.15) is 23.0 Å². The molecular formula is C22H18BrN3O3. The maximum absolute atomic E-state index is 13.1. The average Bonchev–Trinajstić information content (AvgIpc) is 2.73. The van der Waals surface area contributed by atoms with Crippen LogP contribution in [0, 0.1) is 0 Å². The van der Waals surface area contributed by atoms with Gasteiger partial charge < -0.3 is 9.88 Å². The minimum atomic E-state index is -0.468. The Hall–Kier alpha value is -3.32. The number of hydrogen-bond donors (Lipinski definition) is 1. The van der Waals surface area contributed by atoms with Gasteiger partial charge in [0.25, 0.3) is 0 Å². The molecule has 0 aliphatic rings. The third-order valence-electron chi connectivity index (χ3n) is 4.25. The Morgan fingerprint density at radius 3 is 2.72 bits per heavy atom. The zero-order chi connectivity index (χ0) is 20.8. The molecule has 1 N–H and O–H groups in total. The number of halogens is 1. The van der Waals surface area contributed by atoms with Crippen LogP contribution < -0.4 is 10.7 Å². The highest BCUT2D eigenvalue weighted by molar-refractivity contribution is 9.10. The van der Waals surface area contributed by atoms with Gasteiger partial charge in [0.05, 0.1) is 23.3 Å². The normalized spacial score (nSPS) is 11.7. The Morgan fingerprint density at radius 1 is 1.21 bits per heavy atom. The largest absolute Gasteiger partial charge is 0.340 e. The van der Waals surface area contributed by atoms with Crippen LogP contribution in [0.4, 0.5) is 0 Å². The first-order chi connectivity index (χ1) is 14.0. The molecule has 146 valence electrons. The van der Waals surface area contributed by atoms with Gasteiger partial charge in [-0.25, -0.2) is 4.98 Å². The van der Waals surface area contributed by atoms with E-state index in [1.165, 1.54) is 6.20 Å². The van der Waals surface area contributed by atoms with Crippen molar-refractivity contribution >= 4 is 39.0 Å². The first-order valence-electron chi connectivity index (χ1n) is 8.86. The molecule has 0 aliphatic heterocycles. The van der Waals surface area contributed by atoms with Crippen LogP contribution in [0.15, 0.2) is 82.0 Å². The van der Waals surface area contributed by atoms with E-state index in [0.29, 0.717) is 28.5 Å². The fraction of sp³-hybridized carbons (Fsp3) is 0.0909. The third-order valence-corrected chi connectivity index (χ3v) is 4.69. The number of fused-ring (bicyclic) bond motifs is 1. The maximum atomic E-state index is 13.1. The summed E-state index contributed by atoms with van der Waals surface area (Å²) in [5, 5.41) is 2.80. The van der Waals surface area contributed by atoms with Gasteiger partial charge in [-0.1, -0.05) is 30.4 Å². The Balaban J connectivity index is 2.18. The van der Waals surface area contributed by atoms with Gasteiger partial charge in [0.2, 0.25) is 11.8 Å². The number of para-hydroxylation sites is 1. The summed E-state index contributed by atoms with van der Waals surface area (Å²) in [5.74, 6) is -0.468. The number of pyridine rings is 2. The Labute approximate surface area is 175 Å². The third kappa shape index (κ3) is 4.57. The fourth-order valence-corrected chi connectivity index (χ4v) is 3.38. The maximum Gasteiger partial charge on any atom is 0.211 e. The highest BCUT2D eigenvalue weighted by Crippen LogP contribution is 2.16. The molecule has 7 heteroatoms. The summed E-state index contributed by atoms with van der Waals surface area (Å²) < 4.78 is 2.54. The predicted octanol–water partition coefficient (Wildman–Crippen LogP) is 3.60. The van der Waals surface area contributed by atoms with Gasteiger partial charge >= 0.3 is 0 Å². The quantitative estimate of drug-likeness (QED) is 0.195. The first kappa shape index (κ1) is 20.4. The van der Waals surface area contributed by atoms with Crippen molar-refractivity contribution in [3.8, 4) is 0 Å². The number of ketones is 1. The van der Waals surface area contributed by atoms with Crippen molar-refractivity contribution < 1.29 is 9.59 Å². The van der Waals surface area contributed by atoms with Crippen LogP contribution in [0.5, 0.6) is 0 Å². The fourth-order valence-electron chi connectivity index (χ4n) is 3.00. The molecule has 3 rings (SSSR count). The minimum Gasteiger partial charge on any atom is -0.340 e. The smallest absolute Gasteiger partial charge is 0.211 e. The van der Waals surface area contributed by atoms with Gasteiger partial charge in [0.1, 0.15) is 4.60 Å². The molecule has 29 heavy (non-hydrogen) atoms. The van der Waals surface area contributed by atoms with Crippen molar-refractivity contribution in [2.24, 2.45) is 0 Å². The number of Topliss-reactive ketones (excluding diaryl/α,β-unsaturated/α-hetero) is 1. The van der Waals surface area contributed by atoms with Crippen molar-refractivity contribution in [3.63, 3.8) is 0 Å². The summed E-state index contributed by atoms with van der Waals surface area (Å²) in [6.45, 7) is 2.13. The SMILES string of the molecule is C/C=C\C(=C/NC=O)C(=O)c1cn(Cc2cccc(Br)n2)c2ccccc2c1=O. The van der Waals surface area contributed by atoms with Crippen molar-refractivity contribution in [3.05, 3.63) is 98.7 Å². The summed E-state index contributed by atoms with van der Waals surface area (Å²) >= 11 is 3.36. The molecule has 0 saturated heterocycles. The second kappa shape index (κ2) is 9.25. The van der Waals surface area contributed by atoms with Crippen molar-refractivity contribution in [2.45, 2.75) is 13.5 Å². The molecule has 1 aromatic carbocycles. The van der Waals surface area contributed by atoms with Crippen LogP contribution in [0.25, 0.3) is 10.9 Å². The summed E-state index contributed by atoms with van der Waals surface area (Å²) in [7, 11) is 0. The topological polar surface area (TPSA) is 81.1 Å². The molecule has 0 fully saturated rings. The molecule has 0 atom stereocenters. The van der Waals surface area contributed by atoms with Crippen LogP contribution >= 0.6 is 15.9 Å². The van der Waals surface area contributed by atoms with Crippen molar-refractivity contribution in [1.82, 2.24) is 14.9 Å². The molecule has 2 heterocycles. The summed E-state index contributed by atoms with van der Waals surface area (Å²) in [5.41, 5.74) is 1.36. The van der Waals surface area contributed by atoms with Crippen LogP contribution in [-0.4, -0.2) is 21.7 Å². The van der Waals surface area contributed by atoms with E-state index < -0.39 is 5.78 Å². The lowest BCUT2D eigenvalue weighted by atomic mass is 10.0. The van der Waals surface area contributed by atoms with E-state index in [0.717, 1.165) is 5.69 Å². The predicted molar refractivity (Wildman–Crippen MR) is 116 cm³/mol. The van der Waals surface area contributed by atoms with E-state index in [4.69, 9.17) is 0 Å². The van der Waals surface area contributed by atoms with Crippen LogP contribution in [0.2, 0.25) is 0 Å². The van der Waals surface area contributed by atoms with Crippen LogP contribution in [0.3, 0.4) is 0 Å². The number of allylic oxidation sites excluding steroid dienone is 3. The lowest BCUT2D eigenvalue weighted by Crippen LogP contribution is -2.21. The van der Waals surface area contributed by atoms with Gasteiger partial charge in [0.15, 0.2) is 5.78 Å². The number of amides is 1. The number of rotatable bonds is 7. The molecule has 1 amide bonds. The molecule has 0 aliphatic carbocycles. The van der Waals surface area contributed by atoms with E-state index >= 15 is 0 Å². The number of hydrogen-bond acceptors (Lipinski definition) is 4. The van der Waals surface area contributed by atoms with Crippen molar-refractivity contribution in [1.29, 1.82) is 0 Å². The molecule has 0 spiro atoms. The standard InChI is InChI=1S/C22H18BrN3O3/c1-2-6-15(11-24-14-27)21(28)18-13-26(12-16-7-5-10-20(23)25-16)19-9-4-3-8-17(19)22(18)29/h2-11,13-14H,12H2,1H3,(H,24,27)/b6-2-,15-11+. The summed E-state index contributed by atoms with van der Waals surface area (Å²) in [6, 6.07) is 12.7. The van der Waals surface area contributed by atoms with Gasteiger partial charge in [-0.2, -0.15) is 0 Å². The highest BCUT2D eigenvalue weighted by Gasteiger charge is 2.18. The molecule has 2 aromatic heterocycles. The number of nitrogens with zero attached hydrogens (tertiary/aromatic N) is 2. The Bertz CT molecular complexity index is 1200. The zero-order valence-corrected chi connectivity index (χ0v) is 17.2. The van der Waals surface area contributed by atoms with Gasteiger partial charge in [0, 0.05) is 23.4 Å². The first-order valence-corrected chi connectivity index (χ1v) is 9.65. The van der Waals surface area contributed by atoms with Gasteiger partial charge in [-0.15, -0.1) is 0 Å². The molecule has 0 saturated carbocycles. The molecule has 6 nitrogen and oxygen atoms in total. The number of nitrogens with one attached hydrogen (secondary N) is 1. The van der Waals surface area contributed by atoms with E-state index in [-0.39, 0.29) is 16.6 Å². The lowest BCUT2D eigenvalue weighted by molar-refractivity contribution is -0.108. The van der Waals surface area contributed by atoms with E-state index in [2.05, 4.69) is 26.2 Å². The summed E-state index contributed by atoms with van der Waals surface area (Å²) in [4.78, 5) is 41.1.